The van der Waals surface area contributed by atoms with Gasteiger partial charge in [-0.1, -0.05) is 0 Å². The number of hydrogen-bond donors (Lipinski definition) is 0. The van der Waals surface area contributed by atoms with Crippen LogP contribution in [0.2, 0.25) is 0 Å². The standard InChI is InChI=1S/C22H26N2O6/c1-22(14-23-6-8-24(9-7-23)21(26)17-5-4-10-29-17)20(25)16-12-19(28-3)18(27-2)11-15(16)13-30-22/h4-5,10-12H,6-9,13-14H2,1-3H3. The van der Waals surface area contributed by atoms with Crippen LogP contribution >= 0.6 is 0 Å². The summed E-state index contributed by atoms with van der Waals surface area (Å²) in [7, 11) is 3.12. The number of amides is 1. The second-order valence-corrected chi connectivity index (χ2v) is 7.76. The topological polar surface area (TPSA) is 81.5 Å². The van der Waals surface area contributed by atoms with E-state index >= 15 is 0 Å². The molecule has 8 heteroatoms. The Kier molecular flexibility index (Phi) is 5.53. The summed E-state index contributed by atoms with van der Waals surface area (Å²) in [4.78, 5) is 29.7. The molecule has 0 saturated carbocycles. The first-order valence-corrected chi connectivity index (χ1v) is 9.94. The highest BCUT2D eigenvalue weighted by Crippen LogP contribution is 2.36. The van der Waals surface area contributed by atoms with Crippen molar-refractivity contribution in [3.8, 4) is 11.5 Å². The number of methoxy groups -OCH3 is 2. The van der Waals surface area contributed by atoms with Crippen LogP contribution in [0.25, 0.3) is 0 Å². The van der Waals surface area contributed by atoms with Crippen molar-refractivity contribution in [2.45, 2.75) is 19.1 Å². The zero-order chi connectivity index (χ0) is 21.3. The Balaban J connectivity index is 1.43. The number of furan rings is 1. The maximum atomic E-state index is 13.3. The van der Waals surface area contributed by atoms with Crippen LogP contribution in [-0.2, 0) is 11.3 Å². The molecule has 1 atom stereocenters. The third-order valence-electron chi connectivity index (χ3n) is 5.80. The van der Waals surface area contributed by atoms with Gasteiger partial charge in [-0.25, -0.2) is 0 Å². The van der Waals surface area contributed by atoms with E-state index in [9.17, 15) is 9.59 Å². The van der Waals surface area contributed by atoms with Gasteiger partial charge in [-0.3, -0.25) is 14.5 Å². The predicted octanol–water partition coefficient (Wildman–Crippen LogP) is 2.23. The number of Topliss-reactive ketones (excluding diaryl/α,β-unsaturated/α-hetero) is 1. The van der Waals surface area contributed by atoms with E-state index in [4.69, 9.17) is 18.6 Å². The largest absolute Gasteiger partial charge is 0.493 e. The van der Waals surface area contributed by atoms with Crippen LogP contribution in [0, 0.1) is 0 Å². The third kappa shape index (κ3) is 3.68. The van der Waals surface area contributed by atoms with Crippen LogP contribution in [0.1, 0.15) is 33.4 Å². The third-order valence-corrected chi connectivity index (χ3v) is 5.80. The summed E-state index contributed by atoms with van der Waals surface area (Å²) in [5.74, 6) is 1.28. The predicted molar refractivity (Wildman–Crippen MR) is 108 cm³/mol. The molecule has 3 heterocycles. The number of fused-ring (bicyclic) bond motifs is 1. The molecule has 8 nitrogen and oxygen atoms in total. The number of ether oxygens (including phenoxy) is 3. The molecule has 0 N–H and O–H groups in total. The highest BCUT2D eigenvalue weighted by Gasteiger charge is 2.42. The van der Waals surface area contributed by atoms with Crippen LogP contribution in [0.15, 0.2) is 34.9 Å². The lowest BCUT2D eigenvalue weighted by Crippen LogP contribution is -2.56. The van der Waals surface area contributed by atoms with Crippen molar-refractivity contribution in [3.05, 3.63) is 47.4 Å². The van der Waals surface area contributed by atoms with Crippen molar-refractivity contribution in [2.75, 3.05) is 46.9 Å². The minimum atomic E-state index is -0.959. The summed E-state index contributed by atoms with van der Waals surface area (Å²) >= 11 is 0. The maximum absolute atomic E-state index is 13.3. The number of nitrogens with zero attached hydrogens (tertiary/aromatic N) is 2. The van der Waals surface area contributed by atoms with Crippen molar-refractivity contribution >= 4 is 11.7 Å². The lowest BCUT2D eigenvalue weighted by molar-refractivity contribution is -0.0532. The molecule has 2 aromatic rings. The van der Waals surface area contributed by atoms with Crippen molar-refractivity contribution < 1.29 is 28.2 Å². The van der Waals surface area contributed by atoms with E-state index in [0.29, 0.717) is 62.2 Å². The highest BCUT2D eigenvalue weighted by molar-refractivity contribution is 6.05. The van der Waals surface area contributed by atoms with Crippen molar-refractivity contribution in [1.29, 1.82) is 0 Å². The zero-order valence-corrected chi connectivity index (χ0v) is 17.5. The Labute approximate surface area is 175 Å². The van der Waals surface area contributed by atoms with Gasteiger partial charge >= 0.3 is 0 Å². The van der Waals surface area contributed by atoms with Crippen molar-refractivity contribution in [3.63, 3.8) is 0 Å². The molecule has 1 saturated heterocycles. The molecule has 30 heavy (non-hydrogen) atoms. The molecule has 1 aromatic carbocycles. The molecule has 1 amide bonds. The van der Waals surface area contributed by atoms with Crippen LogP contribution in [-0.4, -0.2) is 74.0 Å². The molecule has 0 bridgehead atoms. The molecule has 0 spiro atoms. The second-order valence-electron chi connectivity index (χ2n) is 7.76. The van der Waals surface area contributed by atoms with Gasteiger partial charge in [0.05, 0.1) is 27.1 Å². The number of rotatable bonds is 5. The molecule has 1 fully saturated rings. The Morgan fingerprint density at radius 1 is 1.13 bits per heavy atom. The van der Waals surface area contributed by atoms with Gasteiger partial charge in [0.25, 0.3) is 5.91 Å². The van der Waals surface area contributed by atoms with Crippen LogP contribution in [0.5, 0.6) is 11.5 Å². The fourth-order valence-corrected chi connectivity index (χ4v) is 4.05. The average molecular weight is 414 g/mol. The Hall–Kier alpha value is -2.84. The van der Waals surface area contributed by atoms with Gasteiger partial charge in [-0.2, -0.15) is 0 Å². The van der Waals surface area contributed by atoms with Gasteiger partial charge in [0.15, 0.2) is 23.0 Å². The first-order chi connectivity index (χ1) is 14.4. The van der Waals surface area contributed by atoms with E-state index in [-0.39, 0.29) is 11.7 Å². The first-order valence-electron chi connectivity index (χ1n) is 9.94. The number of carbonyl (C=O) groups is 2. The number of ketones is 1. The molecule has 0 aliphatic carbocycles. The van der Waals surface area contributed by atoms with E-state index in [1.165, 1.54) is 6.26 Å². The maximum Gasteiger partial charge on any atom is 0.289 e. The lowest BCUT2D eigenvalue weighted by atomic mass is 9.87. The molecular weight excluding hydrogens is 388 g/mol. The zero-order valence-electron chi connectivity index (χ0n) is 17.5. The average Bonchev–Trinajstić information content (AvgIpc) is 3.31. The Bertz CT molecular complexity index is 933. The van der Waals surface area contributed by atoms with E-state index in [0.717, 1.165) is 5.56 Å². The van der Waals surface area contributed by atoms with E-state index in [1.807, 2.05) is 6.92 Å². The fraction of sp³-hybridized carbons (Fsp3) is 0.455. The number of hydrogen-bond acceptors (Lipinski definition) is 7. The Morgan fingerprint density at radius 2 is 1.83 bits per heavy atom. The molecule has 0 radical (unpaired) electrons. The molecule has 2 aliphatic rings. The summed E-state index contributed by atoms with van der Waals surface area (Å²) in [5, 5.41) is 0. The van der Waals surface area contributed by atoms with E-state index in [1.54, 1.807) is 43.4 Å². The van der Waals surface area contributed by atoms with Crippen LogP contribution in [0.3, 0.4) is 0 Å². The summed E-state index contributed by atoms with van der Waals surface area (Å²) in [6.07, 6.45) is 1.50. The summed E-state index contributed by atoms with van der Waals surface area (Å²) in [6.45, 7) is 5.10. The summed E-state index contributed by atoms with van der Waals surface area (Å²) in [5.41, 5.74) is 0.441. The van der Waals surface area contributed by atoms with E-state index in [2.05, 4.69) is 4.90 Å². The smallest absolute Gasteiger partial charge is 0.289 e. The number of carbonyl (C=O) groups excluding carboxylic acids is 2. The van der Waals surface area contributed by atoms with Gasteiger partial charge in [0.2, 0.25) is 0 Å². The number of piperazine rings is 1. The molecule has 160 valence electrons. The lowest BCUT2D eigenvalue weighted by Gasteiger charge is -2.41. The van der Waals surface area contributed by atoms with Gasteiger partial charge in [-0.15, -0.1) is 0 Å². The van der Waals surface area contributed by atoms with Crippen molar-refractivity contribution in [1.82, 2.24) is 9.80 Å². The Morgan fingerprint density at radius 3 is 2.47 bits per heavy atom. The van der Waals surface area contributed by atoms with Crippen molar-refractivity contribution in [2.24, 2.45) is 0 Å². The van der Waals surface area contributed by atoms with Gasteiger partial charge in [0.1, 0.15) is 5.60 Å². The molecular formula is C22H26N2O6. The molecule has 1 aromatic heterocycles. The van der Waals surface area contributed by atoms with Gasteiger partial charge in [-0.05, 0) is 36.8 Å². The molecule has 4 rings (SSSR count). The minimum absolute atomic E-state index is 0.0706. The minimum Gasteiger partial charge on any atom is -0.493 e. The van der Waals surface area contributed by atoms with E-state index < -0.39 is 5.60 Å². The van der Waals surface area contributed by atoms with Gasteiger partial charge in [0, 0.05) is 38.3 Å². The quantitative estimate of drug-likeness (QED) is 0.742. The first kappa shape index (κ1) is 20.4. The molecule has 2 aliphatic heterocycles. The molecule has 1 unspecified atom stereocenters. The second kappa shape index (κ2) is 8.12. The van der Waals surface area contributed by atoms with Crippen LogP contribution in [0.4, 0.5) is 0 Å². The number of benzene rings is 1. The summed E-state index contributed by atoms with van der Waals surface area (Å²) < 4.78 is 21.9. The van der Waals surface area contributed by atoms with Gasteiger partial charge < -0.3 is 23.5 Å². The van der Waals surface area contributed by atoms with Crippen LogP contribution < -0.4 is 9.47 Å². The fourth-order valence-electron chi connectivity index (χ4n) is 4.05. The highest BCUT2D eigenvalue weighted by atomic mass is 16.5. The monoisotopic (exact) mass is 414 g/mol. The summed E-state index contributed by atoms with van der Waals surface area (Å²) in [6, 6.07) is 6.91. The normalized spacial score (nSPS) is 22.0. The SMILES string of the molecule is COc1cc2c(cc1OC)C(=O)C(C)(CN1CCN(C(=O)c3ccco3)CC1)OC2.